The maximum Gasteiger partial charge on any atom is 0.326 e. The van der Waals surface area contributed by atoms with Crippen LogP contribution in [0.4, 0.5) is 0 Å². The van der Waals surface area contributed by atoms with Crippen molar-refractivity contribution < 1.29 is 14.7 Å². The van der Waals surface area contributed by atoms with Gasteiger partial charge in [0.1, 0.15) is 6.04 Å². The largest absolute Gasteiger partial charge is 0.480 e. The van der Waals surface area contributed by atoms with Crippen molar-refractivity contribution in [3.63, 3.8) is 0 Å². The molecule has 1 aliphatic carbocycles. The van der Waals surface area contributed by atoms with Crippen molar-refractivity contribution in [2.24, 2.45) is 5.92 Å². The molecule has 0 saturated heterocycles. The van der Waals surface area contributed by atoms with Crippen LogP contribution < -0.4 is 0 Å². The number of nitrogens with zero attached hydrogens (tertiary/aromatic N) is 1. The van der Waals surface area contributed by atoms with Crippen LogP contribution in [-0.4, -0.2) is 34.5 Å². The highest BCUT2D eigenvalue weighted by Crippen LogP contribution is 2.32. The fraction of sp³-hybridized carbons (Fsp3) is 0.800. The number of rotatable bonds is 4. The second kappa shape index (κ2) is 4.44. The maximum atomic E-state index is 11.2. The van der Waals surface area contributed by atoms with E-state index >= 15 is 0 Å². The average molecular weight is 199 g/mol. The first-order valence-electron chi connectivity index (χ1n) is 5.08. The molecule has 1 amide bonds. The lowest BCUT2D eigenvalue weighted by Crippen LogP contribution is -2.50. The number of carboxylic acid groups (broad SMARTS) is 1. The summed E-state index contributed by atoms with van der Waals surface area (Å²) in [5, 5.41) is 9.07. The first-order valence-corrected chi connectivity index (χ1v) is 5.08. The Bertz CT molecular complexity index is 236. The Morgan fingerprint density at radius 1 is 1.50 bits per heavy atom. The summed E-state index contributed by atoms with van der Waals surface area (Å²) in [6.45, 7) is 3.72. The van der Waals surface area contributed by atoms with Crippen LogP contribution in [-0.2, 0) is 9.59 Å². The highest BCUT2D eigenvalue weighted by atomic mass is 16.4. The van der Waals surface area contributed by atoms with Gasteiger partial charge in [-0.1, -0.05) is 6.42 Å². The Hall–Kier alpha value is -1.06. The first kappa shape index (κ1) is 11.0. The summed E-state index contributed by atoms with van der Waals surface area (Å²) in [4.78, 5) is 23.7. The van der Waals surface area contributed by atoms with E-state index in [9.17, 15) is 9.59 Å². The fourth-order valence-electron chi connectivity index (χ4n) is 1.96. The van der Waals surface area contributed by atoms with Gasteiger partial charge in [-0.05, 0) is 25.7 Å². The topological polar surface area (TPSA) is 57.6 Å². The number of likely N-dealkylation sites (N-methyl/N-ethyl adjacent to an activating group) is 1. The van der Waals surface area contributed by atoms with E-state index in [0.29, 0.717) is 6.54 Å². The van der Waals surface area contributed by atoms with Crippen molar-refractivity contribution in [1.82, 2.24) is 4.90 Å². The molecule has 1 fully saturated rings. The monoisotopic (exact) mass is 199 g/mol. The Morgan fingerprint density at radius 2 is 2.07 bits per heavy atom. The summed E-state index contributed by atoms with van der Waals surface area (Å²) < 4.78 is 0. The van der Waals surface area contributed by atoms with E-state index in [1.165, 1.54) is 11.8 Å². The lowest BCUT2D eigenvalue weighted by atomic mass is 9.79. The molecule has 0 heterocycles. The van der Waals surface area contributed by atoms with Crippen molar-refractivity contribution in [2.75, 3.05) is 6.54 Å². The molecule has 0 aromatic carbocycles. The molecule has 1 atom stereocenters. The molecular formula is C10H17NO3. The minimum Gasteiger partial charge on any atom is -0.480 e. The molecule has 1 saturated carbocycles. The van der Waals surface area contributed by atoms with E-state index < -0.39 is 12.0 Å². The number of amides is 1. The van der Waals surface area contributed by atoms with Crippen LogP contribution in [0.25, 0.3) is 0 Å². The van der Waals surface area contributed by atoms with Crippen LogP contribution in [0.15, 0.2) is 0 Å². The number of carbonyl (C=O) groups excluding carboxylic acids is 1. The van der Waals surface area contributed by atoms with Crippen LogP contribution in [0.5, 0.6) is 0 Å². The molecule has 1 N–H and O–H groups in total. The van der Waals surface area contributed by atoms with Gasteiger partial charge in [0.05, 0.1) is 0 Å². The number of hydrogen-bond donors (Lipinski definition) is 1. The number of aliphatic carboxylic acids is 1. The van der Waals surface area contributed by atoms with Crippen LogP contribution in [0.1, 0.15) is 33.1 Å². The summed E-state index contributed by atoms with van der Waals surface area (Å²) >= 11 is 0. The summed E-state index contributed by atoms with van der Waals surface area (Å²) in [5.74, 6) is -0.852. The molecular weight excluding hydrogens is 182 g/mol. The normalized spacial score (nSPS) is 18.4. The molecule has 0 aromatic heterocycles. The third-order valence-electron chi connectivity index (χ3n) is 2.93. The second-order valence-corrected chi connectivity index (χ2v) is 3.78. The quantitative estimate of drug-likeness (QED) is 0.737. The van der Waals surface area contributed by atoms with Crippen molar-refractivity contribution in [3.05, 3.63) is 0 Å². The van der Waals surface area contributed by atoms with E-state index in [0.717, 1.165) is 19.3 Å². The van der Waals surface area contributed by atoms with Gasteiger partial charge in [0, 0.05) is 13.5 Å². The van der Waals surface area contributed by atoms with Crippen molar-refractivity contribution in [3.8, 4) is 0 Å². The van der Waals surface area contributed by atoms with Crippen molar-refractivity contribution in [1.29, 1.82) is 0 Å². The molecule has 1 unspecified atom stereocenters. The Balaban J connectivity index is 2.73. The van der Waals surface area contributed by atoms with Crippen LogP contribution in [0, 0.1) is 5.92 Å². The predicted molar refractivity (Wildman–Crippen MR) is 51.8 cm³/mol. The summed E-state index contributed by atoms with van der Waals surface area (Å²) in [6, 6.07) is -0.605. The zero-order valence-corrected chi connectivity index (χ0v) is 8.69. The first-order chi connectivity index (χ1) is 6.57. The molecule has 80 valence electrons. The maximum absolute atomic E-state index is 11.2. The number of carboxylic acids is 1. The van der Waals surface area contributed by atoms with Gasteiger partial charge in [-0.2, -0.15) is 0 Å². The van der Waals surface area contributed by atoms with E-state index in [1.807, 2.05) is 6.92 Å². The summed E-state index contributed by atoms with van der Waals surface area (Å²) in [7, 11) is 0. The smallest absolute Gasteiger partial charge is 0.326 e. The Morgan fingerprint density at radius 3 is 2.29 bits per heavy atom. The van der Waals surface area contributed by atoms with Gasteiger partial charge < -0.3 is 10.0 Å². The average Bonchev–Trinajstić information content (AvgIpc) is 1.99. The number of carbonyl (C=O) groups is 2. The zero-order chi connectivity index (χ0) is 10.7. The number of hydrogen-bond acceptors (Lipinski definition) is 2. The van der Waals surface area contributed by atoms with E-state index in [2.05, 4.69) is 0 Å². The molecule has 1 rings (SSSR count). The molecule has 4 heteroatoms. The summed E-state index contributed by atoms with van der Waals surface area (Å²) in [6.07, 6.45) is 2.95. The van der Waals surface area contributed by atoms with Crippen molar-refractivity contribution >= 4 is 11.9 Å². The third kappa shape index (κ3) is 2.05. The SMILES string of the molecule is CCN(C(C)=O)C(C(=O)O)C1CCC1. The molecule has 0 aliphatic heterocycles. The van der Waals surface area contributed by atoms with Gasteiger partial charge in [-0.25, -0.2) is 4.79 Å². The zero-order valence-electron chi connectivity index (χ0n) is 8.69. The molecule has 0 radical (unpaired) electrons. The van der Waals surface area contributed by atoms with Gasteiger partial charge in [0.15, 0.2) is 0 Å². The Labute approximate surface area is 83.9 Å². The lowest BCUT2D eigenvalue weighted by Gasteiger charge is -2.37. The summed E-state index contributed by atoms with van der Waals surface area (Å²) in [5.41, 5.74) is 0. The van der Waals surface area contributed by atoms with Gasteiger partial charge in [-0.15, -0.1) is 0 Å². The highest BCUT2D eigenvalue weighted by molar-refractivity contribution is 5.82. The minimum atomic E-state index is -0.869. The van der Waals surface area contributed by atoms with E-state index in [4.69, 9.17) is 5.11 Å². The minimum absolute atomic E-state index is 0.146. The van der Waals surface area contributed by atoms with Gasteiger partial charge in [-0.3, -0.25) is 4.79 Å². The third-order valence-corrected chi connectivity index (χ3v) is 2.93. The molecule has 14 heavy (non-hydrogen) atoms. The molecule has 4 nitrogen and oxygen atoms in total. The van der Waals surface area contributed by atoms with Crippen molar-refractivity contribution in [2.45, 2.75) is 39.2 Å². The van der Waals surface area contributed by atoms with E-state index in [1.54, 1.807) is 0 Å². The van der Waals surface area contributed by atoms with Crippen LogP contribution >= 0.6 is 0 Å². The Kier molecular flexibility index (Phi) is 3.49. The van der Waals surface area contributed by atoms with Crippen LogP contribution in [0.2, 0.25) is 0 Å². The van der Waals surface area contributed by atoms with Gasteiger partial charge >= 0.3 is 5.97 Å². The lowest BCUT2D eigenvalue weighted by molar-refractivity contribution is -0.153. The highest BCUT2D eigenvalue weighted by Gasteiger charge is 2.37. The molecule has 0 bridgehead atoms. The second-order valence-electron chi connectivity index (χ2n) is 3.78. The van der Waals surface area contributed by atoms with Crippen LogP contribution in [0.3, 0.4) is 0 Å². The molecule has 0 spiro atoms. The fourth-order valence-corrected chi connectivity index (χ4v) is 1.96. The van der Waals surface area contributed by atoms with Gasteiger partial charge in [0.2, 0.25) is 5.91 Å². The van der Waals surface area contributed by atoms with E-state index in [-0.39, 0.29) is 11.8 Å². The molecule has 1 aliphatic rings. The van der Waals surface area contributed by atoms with Gasteiger partial charge in [0.25, 0.3) is 0 Å². The molecule has 0 aromatic rings. The standard InChI is InChI=1S/C10H17NO3/c1-3-11(7(2)12)9(10(13)14)8-5-4-6-8/h8-9H,3-6H2,1-2H3,(H,13,14). The predicted octanol–water partition coefficient (Wildman–Crippen LogP) is 1.11.